The van der Waals surface area contributed by atoms with Crippen molar-refractivity contribution < 1.29 is 14.6 Å². The summed E-state index contributed by atoms with van der Waals surface area (Å²) < 4.78 is 5.97. The highest BCUT2D eigenvalue weighted by Crippen LogP contribution is 2.09. The van der Waals surface area contributed by atoms with Gasteiger partial charge in [-0.2, -0.15) is 0 Å². The fourth-order valence-corrected chi connectivity index (χ4v) is 2.20. The summed E-state index contributed by atoms with van der Waals surface area (Å²) in [7, 11) is 0. The SMILES string of the molecule is [O-][n+]1ccccc1OCC(O)CN1CCCCC1. The summed E-state index contributed by atoms with van der Waals surface area (Å²) in [6.45, 7) is 2.86. The molecule has 1 N–H and O–H groups in total. The van der Waals surface area contributed by atoms with Crippen LogP contribution in [-0.2, 0) is 0 Å². The van der Waals surface area contributed by atoms with E-state index in [2.05, 4.69) is 4.90 Å². The van der Waals surface area contributed by atoms with E-state index in [4.69, 9.17) is 4.74 Å². The van der Waals surface area contributed by atoms with Gasteiger partial charge in [0.2, 0.25) is 0 Å². The molecule has 1 aliphatic rings. The predicted molar refractivity (Wildman–Crippen MR) is 67.2 cm³/mol. The van der Waals surface area contributed by atoms with Gasteiger partial charge in [-0.1, -0.05) is 6.42 Å². The standard InChI is InChI=1S/C13H20N2O3/c16-12(10-14-7-3-1-4-8-14)11-18-13-6-2-5-9-15(13)17/h2,5-6,9,12,16H,1,3-4,7-8,10-11H2. The smallest absolute Gasteiger partial charge is 0.379 e. The van der Waals surface area contributed by atoms with Gasteiger partial charge in [0.25, 0.3) is 0 Å². The fourth-order valence-electron chi connectivity index (χ4n) is 2.20. The minimum Gasteiger partial charge on any atom is -0.616 e. The van der Waals surface area contributed by atoms with Crippen molar-refractivity contribution in [3.63, 3.8) is 0 Å². The molecule has 1 unspecified atom stereocenters. The lowest BCUT2D eigenvalue weighted by Gasteiger charge is -2.28. The normalized spacial score (nSPS) is 18.5. The Morgan fingerprint density at radius 2 is 2.11 bits per heavy atom. The van der Waals surface area contributed by atoms with Crippen molar-refractivity contribution in [2.24, 2.45) is 0 Å². The van der Waals surface area contributed by atoms with Crippen LogP contribution in [0.25, 0.3) is 0 Å². The maximum absolute atomic E-state index is 11.3. The highest BCUT2D eigenvalue weighted by molar-refractivity contribution is 5.02. The van der Waals surface area contributed by atoms with Gasteiger partial charge in [-0.3, -0.25) is 0 Å². The second-order valence-electron chi connectivity index (χ2n) is 4.69. The Kier molecular flexibility index (Phi) is 4.78. The first-order chi connectivity index (χ1) is 8.75. The van der Waals surface area contributed by atoms with Gasteiger partial charge >= 0.3 is 5.88 Å². The number of aliphatic hydroxyl groups excluding tert-OH is 1. The van der Waals surface area contributed by atoms with E-state index >= 15 is 0 Å². The number of pyridine rings is 1. The van der Waals surface area contributed by atoms with Crippen LogP contribution in [0, 0.1) is 5.21 Å². The van der Waals surface area contributed by atoms with E-state index in [1.165, 1.54) is 25.5 Å². The molecule has 2 rings (SSSR count). The number of ether oxygens (including phenoxy) is 1. The van der Waals surface area contributed by atoms with Gasteiger partial charge in [0.15, 0.2) is 6.20 Å². The summed E-state index contributed by atoms with van der Waals surface area (Å²) in [5, 5.41) is 21.2. The molecule has 1 aromatic rings. The molecule has 0 bridgehead atoms. The van der Waals surface area contributed by atoms with Gasteiger partial charge < -0.3 is 20.0 Å². The highest BCUT2D eigenvalue weighted by atomic mass is 16.6. The Morgan fingerprint density at radius 3 is 2.83 bits per heavy atom. The molecule has 100 valence electrons. The minimum absolute atomic E-state index is 0.156. The molecular formula is C13H20N2O3. The molecule has 5 heteroatoms. The van der Waals surface area contributed by atoms with Crippen LogP contribution in [0.3, 0.4) is 0 Å². The monoisotopic (exact) mass is 252 g/mol. The van der Waals surface area contributed by atoms with Crippen molar-refractivity contribution in [3.8, 4) is 5.88 Å². The number of hydrogen-bond donors (Lipinski definition) is 1. The Morgan fingerprint density at radius 1 is 1.33 bits per heavy atom. The third kappa shape index (κ3) is 3.85. The first kappa shape index (κ1) is 13.1. The van der Waals surface area contributed by atoms with Gasteiger partial charge in [-0.05, 0) is 32.0 Å². The number of β-amino-alcohol motifs (C(OH)–C–C–N with tert-alkyl or cyclic N) is 1. The highest BCUT2D eigenvalue weighted by Gasteiger charge is 2.16. The lowest BCUT2D eigenvalue weighted by Crippen LogP contribution is -2.39. The molecule has 0 amide bonds. The van der Waals surface area contributed by atoms with E-state index in [1.807, 2.05) is 0 Å². The quantitative estimate of drug-likeness (QED) is 0.614. The second-order valence-corrected chi connectivity index (χ2v) is 4.69. The van der Waals surface area contributed by atoms with Crippen molar-refractivity contribution in [1.29, 1.82) is 0 Å². The Labute approximate surface area is 107 Å². The zero-order valence-electron chi connectivity index (χ0n) is 10.5. The largest absolute Gasteiger partial charge is 0.616 e. The summed E-state index contributed by atoms with van der Waals surface area (Å²) in [5.41, 5.74) is 0. The fraction of sp³-hybridized carbons (Fsp3) is 0.615. The molecule has 0 spiro atoms. The summed E-state index contributed by atoms with van der Waals surface area (Å²) >= 11 is 0. The van der Waals surface area contributed by atoms with E-state index in [0.29, 0.717) is 11.3 Å². The third-order valence-corrected chi connectivity index (χ3v) is 3.13. The van der Waals surface area contributed by atoms with E-state index in [0.717, 1.165) is 13.1 Å². The van der Waals surface area contributed by atoms with Crippen molar-refractivity contribution in [1.82, 2.24) is 4.90 Å². The van der Waals surface area contributed by atoms with Gasteiger partial charge in [-0.25, -0.2) is 0 Å². The molecule has 18 heavy (non-hydrogen) atoms. The van der Waals surface area contributed by atoms with Crippen molar-refractivity contribution in [2.45, 2.75) is 25.4 Å². The van der Waals surface area contributed by atoms with Crippen LogP contribution in [-0.4, -0.2) is 42.4 Å². The summed E-state index contributed by atoms with van der Waals surface area (Å²) in [4.78, 5) is 2.24. The molecule has 1 aromatic heterocycles. The van der Waals surface area contributed by atoms with Crippen LogP contribution in [0.2, 0.25) is 0 Å². The number of rotatable bonds is 5. The first-order valence-electron chi connectivity index (χ1n) is 6.47. The molecule has 0 aromatic carbocycles. The zero-order chi connectivity index (χ0) is 12.8. The average Bonchev–Trinajstić information content (AvgIpc) is 2.39. The second kappa shape index (κ2) is 6.56. The van der Waals surface area contributed by atoms with Crippen molar-refractivity contribution in [3.05, 3.63) is 29.6 Å². The average molecular weight is 252 g/mol. The van der Waals surface area contributed by atoms with Crippen LogP contribution >= 0.6 is 0 Å². The number of hydrogen-bond acceptors (Lipinski definition) is 4. The third-order valence-electron chi connectivity index (χ3n) is 3.13. The summed E-state index contributed by atoms with van der Waals surface area (Å²) in [5.74, 6) is 0.232. The maximum atomic E-state index is 11.3. The van der Waals surface area contributed by atoms with Crippen molar-refractivity contribution >= 4 is 0 Å². The predicted octanol–water partition coefficient (Wildman–Crippen LogP) is 0.546. The molecule has 0 aliphatic carbocycles. The number of aliphatic hydroxyl groups is 1. The van der Waals surface area contributed by atoms with Crippen LogP contribution in [0.5, 0.6) is 5.88 Å². The van der Waals surface area contributed by atoms with Crippen LogP contribution in [0.4, 0.5) is 0 Å². The van der Waals surface area contributed by atoms with Gasteiger partial charge in [0.05, 0.1) is 6.07 Å². The van der Waals surface area contributed by atoms with Crippen molar-refractivity contribution in [2.75, 3.05) is 26.2 Å². The van der Waals surface area contributed by atoms with Crippen LogP contribution < -0.4 is 9.47 Å². The molecule has 1 saturated heterocycles. The minimum atomic E-state index is -0.552. The van der Waals surface area contributed by atoms with E-state index in [9.17, 15) is 10.3 Å². The topological polar surface area (TPSA) is 59.6 Å². The summed E-state index contributed by atoms with van der Waals surface area (Å²) in [6.07, 6.45) is 4.51. The molecule has 2 heterocycles. The van der Waals surface area contributed by atoms with Crippen LogP contribution in [0.1, 0.15) is 19.3 Å². The lowest BCUT2D eigenvalue weighted by molar-refractivity contribution is -0.613. The molecular weight excluding hydrogens is 232 g/mol. The van der Waals surface area contributed by atoms with Gasteiger partial charge in [0, 0.05) is 12.6 Å². The number of nitrogens with zero attached hydrogens (tertiary/aromatic N) is 2. The number of aromatic nitrogens is 1. The van der Waals surface area contributed by atoms with Gasteiger partial charge in [0.1, 0.15) is 12.7 Å². The van der Waals surface area contributed by atoms with Crippen LogP contribution in [0.15, 0.2) is 24.4 Å². The van der Waals surface area contributed by atoms with Gasteiger partial charge in [-0.15, -0.1) is 4.73 Å². The maximum Gasteiger partial charge on any atom is 0.379 e. The molecule has 1 aliphatic heterocycles. The lowest BCUT2D eigenvalue weighted by atomic mass is 10.1. The molecule has 1 atom stereocenters. The Hall–Kier alpha value is -1.33. The zero-order valence-corrected chi connectivity index (χ0v) is 10.5. The molecule has 0 radical (unpaired) electrons. The molecule has 5 nitrogen and oxygen atoms in total. The molecule has 0 saturated carbocycles. The summed E-state index contributed by atoms with van der Waals surface area (Å²) in [6, 6.07) is 4.98. The van der Waals surface area contributed by atoms with E-state index < -0.39 is 6.10 Å². The Bertz CT molecular complexity index is 367. The first-order valence-corrected chi connectivity index (χ1v) is 6.47. The van der Waals surface area contributed by atoms with E-state index in [-0.39, 0.29) is 12.5 Å². The molecule has 1 fully saturated rings. The van der Waals surface area contributed by atoms with E-state index in [1.54, 1.807) is 18.2 Å². The Balaban J connectivity index is 1.74. The number of piperidine rings is 1. The number of likely N-dealkylation sites (tertiary alicyclic amines) is 1.